The molecular weight excluding hydrogens is 298 g/mol. The molecule has 126 valence electrons. The summed E-state index contributed by atoms with van der Waals surface area (Å²) >= 11 is 0. The number of rotatable bonds is 5. The first-order valence-electron chi connectivity index (χ1n) is 8.17. The van der Waals surface area contributed by atoms with Gasteiger partial charge in [-0.15, -0.1) is 0 Å². The van der Waals surface area contributed by atoms with E-state index in [1.165, 1.54) is 4.68 Å². The van der Waals surface area contributed by atoms with E-state index in [0.717, 1.165) is 19.4 Å². The summed E-state index contributed by atoms with van der Waals surface area (Å²) in [5, 5.41) is 9.96. The second-order valence-corrected chi connectivity index (χ2v) is 6.54. The molecule has 0 bridgehead atoms. The predicted octanol–water partition coefficient (Wildman–Crippen LogP) is 0.655. The molecule has 1 fully saturated rings. The van der Waals surface area contributed by atoms with E-state index < -0.39 is 6.04 Å². The molecule has 2 amide bonds. The van der Waals surface area contributed by atoms with Gasteiger partial charge in [-0.05, 0) is 18.8 Å². The zero-order valence-corrected chi connectivity index (χ0v) is 13.5. The van der Waals surface area contributed by atoms with Crippen LogP contribution in [0.25, 0.3) is 0 Å². The highest BCUT2D eigenvalue weighted by molar-refractivity contribution is 5.96. The molecule has 0 unspecified atom stereocenters. The SMILES string of the molecule is CC(C)Cc1nc2n(n1)[C@@H](C(=O)NC[C@@H]1CCCO1)CC(=O)N2. The molecule has 1 aromatic heterocycles. The summed E-state index contributed by atoms with van der Waals surface area (Å²) in [6.07, 6.45) is 2.84. The average molecular weight is 321 g/mol. The summed E-state index contributed by atoms with van der Waals surface area (Å²) in [6.45, 7) is 5.37. The highest BCUT2D eigenvalue weighted by Gasteiger charge is 2.33. The largest absolute Gasteiger partial charge is 0.376 e. The Bertz CT molecular complexity index is 592. The highest BCUT2D eigenvalue weighted by Crippen LogP contribution is 2.23. The van der Waals surface area contributed by atoms with Gasteiger partial charge in [0.25, 0.3) is 0 Å². The minimum absolute atomic E-state index is 0.0723. The second-order valence-electron chi connectivity index (χ2n) is 6.54. The van der Waals surface area contributed by atoms with Crippen LogP contribution in [-0.4, -0.2) is 45.8 Å². The van der Waals surface area contributed by atoms with Crippen LogP contribution in [0.4, 0.5) is 5.95 Å². The van der Waals surface area contributed by atoms with Crippen molar-refractivity contribution in [2.45, 2.75) is 51.7 Å². The molecule has 0 saturated carbocycles. The van der Waals surface area contributed by atoms with E-state index in [0.29, 0.717) is 30.7 Å². The third-order valence-electron chi connectivity index (χ3n) is 4.02. The van der Waals surface area contributed by atoms with Crippen molar-refractivity contribution in [2.75, 3.05) is 18.5 Å². The molecule has 2 aliphatic heterocycles. The third-order valence-corrected chi connectivity index (χ3v) is 4.02. The Morgan fingerprint density at radius 1 is 1.52 bits per heavy atom. The maximum Gasteiger partial charge on any atom is 0.245 e. The van der Waals surface area contributed by atoms with Gasteiger partial charge in [0.2, 0.25) is 17.8 Å². The predicted molar refractivity (Wildman–Crippen MR) is 82.8 cm³/mol. The van der Waals surface area contributed by atoms with Crippen molar-refractivity contribution < 1.29 is 14.3 Å². The number of nitrogens with zero attached hydrogens (tertiary/aromatic N) is 3. The van der Waals surface area contributed by atoms with Gasteiger partial charge in [-0.25, -0.2) is 4.68 Å². The maximum absolute atomic E-state index is 12.5. The Balaban J connectivity index is 1.70. The first kappa shape index (κ1) is 15.9. The smallest absolute Gasteiger partial charge is 0.245 e. The number of hydrogen-bond donors (Lipinski definition) is 2. The molecular formula is C15H23N5O3. The second kappa shape index (κ2) is 6.66. The van der Waals surface area contributed by atoms with Crippen molar-refractivity contribution in [3.8, 4) is 0 Å². The Labute approximate surface area is 135 Å². The van der Waals surface area contributed by atoms with Gasteiger partial charge in [0.05, 0.1) is 12.5 Å². The fraction of sp³-hybridized carbons (Fsp3) is 0.733. The molecule has 8 heteroatoms. The summed E-state index contributed by atoms with van der Waals surface area (Å²) < 4.78 is 7.03. The van der Waals surface area contributed by atoms with Crippen molar-refractivity contribution >= 4 is 17.8 Å². The molecule has 0 aliphatic carbocycles. The van der Waals surface area contributed by atoms with Crippen LogP contribution in [-0.2, 0) is 20.7 Å². The van der Waals surface area contributed by atoms with Gasteiger partial charge in [-0.3, -0.25) is 14.9 Å². The van der Waals surface area contributed by atoms with Crippen molar-refractivity contribution in [1.82, 2.24) is 20.1 Å². The molecule has 2 atom stereocenters. The van der Waals surface area contributed by atoms with Crippen LogP contribution in [0.5, 0.6) is 0 Å². The number of carbonyl (C=O) groups excluding carboxylic acids is 2. The van der Waals surface area contributed by atoms with Crippen LogP contribution in [0.2, 0.25) is 0 Å². The fourth-order valence-electron chi connectivity index (χ4n) is 2.90. The van der Waals surface area contributed by atoms with Gasteiger partial charge in [0, 0.05) is 19.6 Å². The average Bonchev–Trinajstić information content (AvgIpc) is 3.11. The van der Waals surface area contributed by atoms with Gasteiger partial charge in [0.1, 0.15) is 6.04 Å². The van der Waals surface area contributed by atoms with E-state index in [4.69, 9.17) is 4.74 Å². The molecule has 1 saturated heterocycles. The maximum atomic E-state index is 12.5. The lowest BCUT2D eigenvalue weighted by Gasteiger charge is -2.23. The minimum Gasteiger partial charge on any atom is -0.376 e. The molecule has 3 rings (SSSR count). The molecule has 0 spiro atoms. The van der Waals surface area contributed by atoms with Crippen molar-refractivity contribution in [1.29, 1.82) is 0 Å². The summed E-state index contributed by atoms with van der Waals surface area (Å²) in [6, 6.07) is -0.645. The lowest BCUT2D eigenvalue weighted by molar-refractivity contribution is -0.129. The van der Waals surface area contributed by atoms with E-state index in [1.54, 1.807) is 0 Å². The zero-order valence-electron chi connectivity index (χ0n) is 13.5. The van der Waals surface area contributed by atoms with Gasteiger partial charge >= 0.3 is 0 Å². The Kier molecular flexibility index (Phi) is 4.61. The van der Waals surface area contributed by atoms with Gasteiger partial charge in [-0.2, -0.15) is 10.1 Å². The number of ether oxygens (including phenoxy) is 1. The lowest BCUT2D eigenvalue weighted by atomic mass is 10.1. The lowest BCUT2D eigenvalue weighted by Crippen LogP contribution is -2.41. The number of anilines is 1. The van der Waals surface area contributed by atoms with E-state index >= 15 is 0 Å². The normalized spacial score (nSPS) is 23.7. The first-order valence-corrected chi connectivity index (χ1v) is 8.17. The van der Waals surface area contributed by atoms with Crippen molar-refractivity contribution in [3.63, 3.8) is 0 Å². The standard InChI is InChI=1S/C15H23N5O3/c1-9(2)6-12-17-15-18-13(21)7-11(20(15)19-12)14(22)16-8-10-4-3-5-23-10/h9-11H,3-8H2,1-2H3,(H,16,22)(H,17,18,19,21)/t10-,11+/m0/s1. The Morgan fingerprint density at radius 2 is 2.35 bits per heavy atom. The minimum atomic E-state index is -0.645. The number of amides is 2. The number of carbonyl (C=O) groups is 2. The van der Waals surface area contributed by atoms with Crippen LogP contribution in [0, 0.1) is 5.92 Å². The number of aromatic nitrogens is 3. The van der Waals surface area contributed by atoms with Crippen LogP contribution in [0.1, 0.15) is 45.0 Å². The zero-order chi connectivity index (χ0) is 16.4. The Morgan fingerprint density at radius 3 is 3.04 bits per heavy atom. The van der Waals surface area contributed by atoms with E-state index in [9.17, 15) is 9.59 Å². The monoisotopic (exact) mass is 321 g/mol. The molecule has 23 heavy (non-hydrogen) atoms. The summed E-state index contributed by atoms with van der Waals surface area (Å²) in [5.74, 6) is 0.987. The van der Waals surface area contributed by atoms with E-state index in [-0.39, 0.29) is 24.3 Å². The number of hydrogen-bond acceptors (Lipinski definition) is 5. The molecule has 1 aromatic rings. The van der Waals surface area contributed by atoms with E-state index in [1.807, 2.05) is 0 Å². The molecule has 2 N–H and O–H groups in total. The van der Waals surface area contributed by atoms with Crippen molar-refractivity contribution in [3.05, 3.63) is 5.82 Å². The van der Waals surface area contributed by atoms with Gasteiger partial charge in [0.15, 0.2) is 5.82 Å². The fourth-order valence-corrected chi connectivity index (χ4v) is 2.90. The quantitative estimate of drug-likeness (QED) is 0.830. The summed E-state index contributed by atoms with van der Waals surface area (Å²) in [7, 11) is 0. The highest BCUT2D eigenvalue weighted by atomic mass is 16.5. The molecule has 0 radical (unpaired) electrons. The Hall–Kier alpha value is -1.96. The molecule has 0 aromatic carbocycles. The third kappa shape index (κ3) is 3.69. The van der Waals surface area contributed by atoms with Crippen LogP contribution in [0.3, 0.4) is 0 Å². The van der Waals surface area contributed by atoms with E-state index in [2.05, 4.69) is 34.6 Å². The number of fused-ring (bicyclic) bond motifs is 1. The molecule has 2 aliphatic rings. The van der Waals surface area contributed by atoms with Crippen LogP contribution < -0.4 is 10.6 Å². The first-order chi connectivity index (χ1) is 11.0. The van der Waals surface area contributed by atoms with Crippen molar-refractivity contribution in [2.24, 2.45) is 5.92 Å². The summed E-state index contributed by atoms with van der Waals surface area (Å²) in [5.41, 5.74) is 0. The molecule has 8 nitrogen and oxygen atoms in total. The number of nitrogens with one attached hydrogen (secondary N) is 2. The van der Waals surface area contributed by atoms with Gasteiger partial charge < -0.3 is 10.1 Å². The van der Waals surface area contributed by atoms with Crippen LogP contribution >= 0.6 is 0 Å². The molecule has 3 heterocycles. The van der Waals surface area contributed by atoms with Gasteiger partial charge in [-0.1, -0.05) is 13.8 Å². The topological polar surface area (TPSA) is 98.1 Å². The van der Waals surface area contributed by atoms with Crippen LogP contribution in [0.15, 0.2) is 0 Å². The summed E-state index contributed by atoms with van der Waals surface area (Å²) in [4.78, 5) is 28.6.